The number of amides is 2. The Morgan fingerprint density at radius 2 is 2.06 bits per heavy atom. The number of hydrogen-bond donors (Lipinski definition) is 2. The van der Waals surface area contributed by atoms with Crippen LogP contribution in [0.4, 0.5) is 10.8 Å². The Morgan fingerprint density at radius 3 is 2.90 bits per heavy atom. The lowest BCUT2D eigenvalue weighted by Crippen LogP contribution is -2.36. The minimum Gasteiger partial charge on any atom is -0.454 e. The largest absolute Gasteiger partial charge is 0.454 e. The lowest BCUT2D eigenvalue weighted by Gasteiger charge is -2.25. The molecule has 160 valence electrons. The van der Waals surface area contributed by atoms with Crippen LogP contribution in [0.15, 0.2) is 28.8 Å². The highest BCUT2D eigenvalue weighted by Gasteiger charge is 2.24. The quantitative estimate of drug-likeness (QED) is 0.620. The van der Waals surface area contributed by atoms with Crippen molar-refractivity contribution in [1.82, 2.24) is 15.0 Å². The van der Waals surface area contributed by atoms with E-state index in [-0.39, 0.29) is 30.8 Å². The first kappa shape index (κ1) is 19.5. The van der Waals surface area contributed by atoms with Crippen molar-refractivity contribution in [3.8, 4) is 11.5 Å². The molecule has 2 aliphatic rings. The lowest BCUT2D eigenvalue weighted by atomic mass is 10.2. The molecule has 0 saturated heterocycles. The minimum atomic E-state index is -0.358. The van der Waals surface area contributed by atoms with Gasteiger partial charge >= 0.3 is 0 Å². The summed E-state index contributed by atoms with van der Waals surface area (Å²) in [5.74, 6) is 1.40. The molecule has 2 aromatic heterocycles. The number of hydrogen-bond acceptors (Lipinski definition) is 9. The molecule has 2 N–H and O–H groups in total. The number of aryl methyl sites for hydroxylation is 1. The number of fused-ring (bicyclic) bond motifs is 2. The summed E-state index contributed by atoms with van der Waals surface area (Å²) in [7, 11) is 0. The number of rotatable bonds is 5. The van der Waals surface area contributed by atoms with Crippen LogP contribution in [0, 0.1) is 6.92 Å². The SMILES string of the molecule is Cc1cc(C(=O)Nc2nc3c(s2)CN(CC(=O)Nc2ccc4c(c2)OCO4)CC3)no1. The van der Waals surface area contributed by atoms with Gasteiger partial charge in [0.1, 0.15) is 5.76 Å². The predicted octanol–water partition coefficient (Wildman–Crippen LogP) is 2.42. The van der Waals surface area contributed by atoms with Crippen molar-refractivity contribution in [2.24, 2.45) is 0 Å². The molecule has 0 aliphatic carbocycles. The molecule has 10 nitrogen and oxygen atoms in total. The average Bonchev–Trinajstić information content (AvgIpc) is 3.46. The Kier molecular flexibility index (Phi) is 5.04. The second kappa shape index (κ2) is 8.00. The first-order valence-electron chi connectivity index (χ1n) is 9.68. The van der Waals surface area contributed by atoms with Crippen LogP contribution in [0.2, 0.25) is 0 Å². The maximum absolute atomic E-state index is 12.5. The zero-order valence-electron chi connectivity index (χ0n) is 16.6. The van der Waals surface area contributed by atoms with E-state index in [1.165, 1.54) is 11.3 Å². The Bertz CT molecular complexity index is 1160. The van der Waals surface area contributed by atoms with E-state index >= 15 is 0 Å². The van der Waals surface area contributed by atoms with Crippen LogP contribution >= 0.6 is 11.3 Å². The van der Waals surface area contributed by atoms with Gasteiger partial charge in [-0.15, -0.1) is 11.3 Å². The van der Waals surface area contributed by atoms with Crippen molar-refractivity contribution in [1.29, 1.82) is 0 Å². The number of carbonyl (C=O) groups is 2. The molecule has 4 heterocycles. The number of ether oxygens (including phenoxy) is 2. The summed E-state index contributed by atoms with van der Waals surface area (Å²) in [4.78, 5) is 32.3. The zero-order valence-corrected chi connectivity index (χ0v) is 17.5. The smallest absolute Gasteiger partial charge is 0.279 e. The van der Waals surface area contributed by atoms with E-state index in [2.05, 4.69) is 25.7 Å². The number of nitrogens with one attached hydrogen (secondary N) is 2. The van der Waals surface area contributed by atoms with Gasteiger partial charge in [-0.2, -0.15) is 0 Å². The first-order chi connectivity index (χ1) is 15.0. The summed E-state index contributed by atoms with van der Waals surface area (Å²) in [6, 6.07) is 6.89. The standard InChI is InChI=1S/C20H19N5O5S/c1-11-6-14(24-30-11)19(27)23-20-22-13-4-5-25(8-17(13)31-20)9-18(26)21-12-2-3-15-16(7-12)29-10-28-15/h2-3,6-7H,4-5,8-10H2,1H3,(H,21,26)(H,22,23,27). The van der Waals surface area contributed by atoms with Gasteiger partial charge in [0.25, 0.3) is 5.91 Å². The molecule has 0 atom stereocenters. The Balaban J connectivity index is 1.18. The molecule has 11 heteroatoms. The van der Waals surface area contributed by atoms with Crippen molar-refractivity contribution in [3.05, 3.63) is 46.3 Å². The van der Waals surface area contributed by atoms with Crippen molar-refractivity contribution < 1.29 is 23.6 Å². The van der Waals surface area contributed by atoms with E-state index < -0.39 is 0 Å². The van der Waals surface area contributed by atoms with Gasteiger partial charge in [-0.3, -0.25) is 19.8 Å². The third-order valence-electron chi connectivity index (χ3n) is 4.91. The van der Waals surface area contributed by atoms with Crippen LogP contribution in [0.1, 0.15) is 26.8 Å². The molecule has 0 spiro atoms. The maximum atomic E-state index is 12.5. The van der Waals surface area contributed by atoms with E-state index in [0.29, 0.717) is 47.6 Å². The highest BCUT2D eigenvalue weighted by Crippen LogP contribution is 2.34. The molecular formula is C20H19N5O5S. The summed E-state index contributed by atoms with van der Waals surface area (Å²) >= 11 is 1.41. The Labute approximate surface area is 181 Å². The number of benzene rings is 1. The fourth-order valence-corrected chi connectivity index (χ4v) is 4.49. The molecule has 2 amide bonds. The molecule has 3 aromatic rings. The first-order valence-corrected chi connectivity index (χ1v) is 10.5. The van der Waals surface area contributed by atoms with Gasteiger partial charge in [0.15, 0.2) is 22.3 Å². The zero-order chi connectivity index (χ0) is 21.4. The van der Waals surface area contributed by atoms with Gasteiger partial charge in [0, 0.05) is 42.2 Å². The van der Waals surface area contributed by atoms with E-state index in [9.17, 15) is 9.59 Å². The number of thiazole rings is 1. The maximum Gasteiger partial charge on any atom is 0.279 e. The third kappa shape index (κ3) is 4.23. The van der Waals surface area contributed by atoms with Crippen LogP contribution in [-0.4, -0.2) is 46.7 Å². The third-order valence-corrected chi connectivity index (χ3v) is 5.91. The second-order valence-corrected chi connectivity index (χ2v) is 8.33. The van der Waals surface area contributed by atoms with Crippen molar-refractivity contribution in [2.45, 2.75) is 19.9 Å². The van der Waals surface area contributed by atoms with Crippen LogP contribution < -0.4 is 20.1 Å². The topological polar surface area (TPSA) is 119 Å². The summed E-state index contributed by atoms with van der Waals surface area (Å²) in [5, 5.41) is 9.89. The predicted molar refractivity (Wildman–Crippen MR) is 111 cm³/mol. The van der Waals surface area contributed by atoms with Crippen LogP contribution in [0.25, 0.3) is 0 Å². The normalized spacial score (nSPS) is 14.9. The number of carbonyl (C=O) groups excluding carboxylic acids is 2. The fourth-order valence-electron chi connectivity index (χ4n) is 3.45. The van der Waals surface area contributed by atoms with E-state index in [1.54, 1.807) is 31.2 Å². The lowest BCUT2D eigenvalue weighted by molar-refractivity contribution is -0.117. The molecule has 1 aromatic carbocycles. The molecule has 0 bridgehead atoms. The highest BCUT2D eigenvalue weighted by molar-refractivity contribution is 7.15. The van der Waals surface area contributed by atoms with E-state index in [4.69, 9.17) is 14.0 Å². The van der Waals surface area contributed by atoms with Crippen molar-refractivity contribution >= 4 is 34.0 Å². The van der Waals surface area contributed by atoms with Crippen molar-refractivity contribution in [2.75, 3.05) is 30.5 Å². The van der Waals surface area contributed by atoms with Gasteiger partial charge in [0.05, 0.1) is 12.2 Å². The van der Waals surface area contributed by atoms with E-state index in [1.807, 2.05) is 0 Å². The van der Waals surface area contributed by atoms with Gasteiger partial charge in [-0.05, 0) is 19.1 Å². The Hall–Kier alpha value is -3.44. The summed E-state index contributed by atoms with van der Waals surface area (Å²) in [6.07, 6.45) is 0.710. The van der Waals surface area contributed by atoms with Crippen LogP contribution in [0.3, 0.4) is 0 Å². The number of aromatic nitrogens is 2. The monoisotopic (exact) mass is 441 g/mol. The van der Waals surface area contributed by atoms with Gasteiger partial charge in [-0.1, -0.05) is 5.16 Å². The molecular weight excluding hydrogens is 422 g/mol. The van der Waals surface area contributed by atoms with Crippen LogP contribution in [0.5, 0.6) is 11.5 Å². The van der Waals surface area contributed by atoms with E-state index in [0.717, 1.165) is 10.6 Å². The number of anilines is 2. The molecule has 0 unspecified atom stereocenters. The molecule has 0 radical (unpaired) electrons. The summed E-state index contributed by atoms with van der Waals surface area (Å²) in [5.41, 5.74) is 1.83. The summed E-state index contributed by atoms with van der Waals surface area (Å²) in [6.45, 7) is 3.48. The summed E-state index contributed by atoms with van der Waals surface area (Å²) < 4.78 is 15.6. The molecule has 0 saturated carbocycles. The van der Waals surface area contributed by atoms with Gasteiger partial charge in [-0.25, -0.2) is 4.98 Å². The average molecular weight is 441 g/mol. The van der Waals surface area contributed by atoms with Gasteiger partial charge in [0.2, 0.25) is 12.7 Å². The van der Waals surface area contributed by atoms with Crippen LogP contribution in [-0.2, 0) is 17.8 Å². The minimum absolute atomic E-state index is 0.109. The molecule has 31 heavy (non-hydrogen) atoms. The van der Waals surface area contributed by atoms with Gasteiger partial charge < -0.3 is 19.3 Å². The second-order valence-electron chi connectivity index (χ2n) is 7.24. The number of nitrogens with zero attached hydrogens (tertiary/aromatic N) is 3. The molecule has 0 fully saturated rings. The fraction of sp³-hybridized carbons (Fsp3) is 0.300. The molecule has 5 rings (SSSR count). The van der Waals surface area contributed by atoms with Crippen molar-refractivity contribution in [3.63, 3.8) is 0 Å². The highest BCUT2D eigenvalue weighted by atomic mass is 32.1. The Morgan fingerprint density at radius 1 is 1.19 bits per heavy atom. The molecule has 2 aliphatic heterocycles.